The van der Waals surface area contributed by atoms with Gasteiger partial charge in [-0.15, -0.1) is 0 Å². The number of hydrogen-bond acceptors (Lipinski definition) is 4. The first-order valence-corrected chi connectivity index (χ1v) is 8.18. The van der Waals surface area contributed by atoms with Crippen molar-refractivity contribution in [2.75, 3.05) is 11.4 Å². The summed E-state index contributed by atoms with van der Waals surface area (Å²) in [7, 11) is 0. The number of benzene rings is 2. The highest BCUT2D eigenvalue weighted by molar-refractivity contribution is 5.97. The number of nitrogens with zero attached hydrogens (tertiary/aromatic N) is 1. The van der Waals surface area contributed by atoms with Crippen LogP contribution in [-0.4, -0.2) is 24.0 Å². The van der Waals surface area contributed by atoms with E-state index in [1.165, 1.54) is 0 Å². The zero-order chi connectivity index (χ0) is 18.4. The van der Waals surface area contributed by atoms with Gasteiger partial charge in [-0.25, -0.2) is 4.79 Å². The third-order valence-corrected chi connectivity index (χ3v) is 3.48. The summed E-state index contributed by atoms with van der Waals surface area (Å²) in [5.74, 6) is -0.112. The fourth-order valence-corrected chi connectivity index (χ4v) is 2.28. The van der Waals surface area contributed by atoms with Gasteiger partial charge < -0.3 is 10.5 Å². The standard InChI is InChI=1S/C20H24N2O3/c1-20(2,3)25-19(24)22(17-7-5-4-6-8-17)14-15-9-11-16(12-10-15)18(23)13-21/h4-12H,13-14,21H2,1-3H3. The predicted octanol–water partition coefficient (Wildman–Crippen LogP) is 3.77. The third-order valence-electron chi connectivity index (χ3n) is 3.48. The Balaban J connectivity index is 2.24. The molecule has 0 bridgehead atoms. The topological polar surface area (TPSA) is 72.6 Å². The Hall–Kier alpha value is -2.66. The first kappa shape index (κ1) is 18.7. The molecular weight excluding hydrogens is 316 g/mol. The van der Waals surface area contributed by atoms with Gasteiger partial charge >= 0.3 is 6.09 Å². The number of ketones is 1. The van der Waals surface area contributed by atoms with Crippen LogP contribution in [0.5, 0.6) is 0 Å². The summed E-state index contributed by atoms with van der Waals surface area (Å²) in [4.78, 5) is 25.8. The number of amides is 1. The van der Waals surface area contributed by atoms with E-state index < -0.39 is 11.7 Å². The van der Waals surface area contributed by atoms with E-state index in [0.717, 1.165) is 11.3 Å². The van der Waals surface area contributed by atoms with E-state index in [9.17, 15) is 9.59 Å². The molecule has 0 heterocycles. The highest BCUT2D eigenvalue weighted by atomic mass is 16.6. The molecule has 0 spiro atoms. The summed E-state index contributed by atoms with van der Waals surface area (Å²) in [5, 5.41) is 0. The van der Waals surface area contributed by atoms with Crippen LogP contribution in [0.15, 0.2) is 54.6 Å². The highest BCUT2D eigenvalue weighted by Crippen LogP contribution is 2.21. The highest BCUT2D eigenvalue weighted by Gasteiger charge is 2.23. The molecule has 5 nitrogen and oxygen atoms in total. The van der Waals surface area contributed by atoms with Gasteiger partial charge in [0.05, 0.1) is 13.1 Å². The Bertz CT molecular complexity index is 719. The van der Waals surface area contributed by atoms with Crippen LogP contribution in [0.3, 0.4) is 0 Å². The molecule has 0 unspecified atom stereocenters. The third kappa shape index (κ3) is 5.43. The molecule has 2 aromatic carbocycles. The number of nitrogens with two attached hydrogens (primary N) is 1. The number of hydrogen-bond donors (Lipinski definition) is 1. The van der Waals surface area contributed by atoms with Crippen LogP contribution in [0.4, 0.5) is 10.5 Å². The van der Waals surface area contributed by atoms with Crippen molar-refractivity contribution in [2.45, 2.75) is 32.9 Å². The number of ether oxygens (including phenoxy) is 1. The van der Waals surface area contributed by atoms with Crippen molar-refractivity contribution < 1.29 is 14.3 Å². The second kappa shape index (κ2) is 7.94. The van der Waals surface area contributed by atoms with E-state index in [4.69, 9.17) is 10.5 Å². The summed E-state index contributed by atoms with van der Waals surface area (Å²) < 4.78 is 5.52. The quantitative estimate of drug-likeness (QED) is 0.841. The fourth-order valence-electron chi connectivity index (χ4n) is 2.28. The largest absolute Gasteiger partial charge is 0.443 e. The molecule has 25 heavy (non-hydrogen) atoms. The zero-order valence-electron chi connectivity index (χ0n) is 14.9. The van der Waals surface area contributed by atoms with E-state index in [2.05, 4.69) is 0 Å². The lowest BCUT2D eigenvalue weighted by Crippen LogP contribution is -2.36. The van der Waals surface area contributed by atoms with Crippen molar-refractivity contribution in [1.82, 2.24) is 0 Å². The molecule has 0 radical (unpaired) electrons. The molecule has 1 amide bonds. The fraction of sp³-hybridized carbons (Fsp3) is 0.300. The molecular formula is C20H24N2O3. The van der Waals surface area contributed by atoms with Crippen molar-refractivity contribution in [1.29, 1.82) is 0 Å². The Morgan fingerprint density at radius 2 is 1.60 bits per heavy atom. The molecule has 0 aliphatic rings. The van der Waals surface area contributed by atoms with Crippen molar-refractivity contribution in [3.05, 3.63) is 65.7 Å². The van der Waals surface area contributed by atoms with Gasteiger partial charge in [0.2, 0.25) is 0 Å². The SMILES string of the molecule is CC(C)(C)OC(=O)N(Cc1ccc(C(=O)CN)cc1)c1ccccc1. The van der Waals surface area contributed by atoms with Crippen molar-refractivity contribution in [3.63, 3.8) is 0 Å². The minimum Gasteiger partial charge on any atom is -0.443 e. The van der Waals surface area contributed by atoms with Crippen LogP contribution in [0.25, 0.3) is 0 Å². The lowest BCUT2D eigenvalue weighted by atomic mass is 10.1. The van der Waals surface area contributed by atoms with Crippen LogP contribution in [0.2, 0.25) is 0 Å². The summed E-state index contributed by atoms with van der Waals surface area (Å²) in [6.07, 6.45) is -0.416. The van der Waals surface area contributed by atoms with Gasteiger partial charge in [0, 0.05) is 11.3 Å². The van der Waals surface area contributed by atoms with E-state index in [1.807, 2.05) is 63.2 Å². The van der Waals surface area contributed by atoms with Crippen molar-refractivity contribution >= 4 is 17.6 Å². The molecule has 0 fully saturated rings. The summed E-state index contributed by atoms with van der Waals surface area (Å²) in [6.45, 7) is 5.83. The van der Waals surface area contributed by atoms with Crippen LogP contribution in [-0.2, 0) is 11.3 Å². The number of carbonyl (C=O) groups is 2. The second-order valence-corrected chi connectivity index (χ2v) is 6.73. The van der Waals surface area contributed by atoms with E-state index in [0.29, 0.717) is 12.1 Å². The average Bonchev–Trinajstić information content (AvgIpc) is 2.58. The minimum absolute atomic E-state index is 0.0204. The van der Waals surface area contributed by atoms with Gasteiger partial charge in [0.1, 0.15) is 5.60 Å². The molecule has 0 saturated carbocycles. The van der Waals surface area contributed by atoms with E-state index in [1.54, 1.807) is 17.0 Å². The number of Topliss-reactive ketones (excluding diaryl/α,β-unsaturated/α-hetero) is 1. The molecule has 5 heteroatoms. The van der Waals surface area contributed by atoms with Crippen LogP contribution >= 0.6 is 0 Å². The van der Waals surface area contributed by atoms with Gasteiger partial charge in [-0.05, 0) is 38.5 Å². The zero-order valence-corrected chi connectivity index (χ0v) is 14.9. The normalized spacial score (nSPS) is 11.0. The van der Waals surface area contributed by atoms with E-state index in [-0.39, 0.29) is 12.3 Å². The maximum Gasteiger partial charge on any atom is 0.415 e. The lowest BCUT2D eigenvalue weighted by molar-refractivity contribution is 0.0577. The molecule has 2 aromatic rings. The second-order valence-electron chi connectivity index (χ2n) is 6.73. The van der Waals surface area contributed by atoms with Gasteiger partial charge in [0.15, 0.2) is 5.78 Å². The van der Waals surface area contributed by atoms with E-state index >= 15 is 0 Å². The Labute approximate surface area is 148 Å². The average molecular weight is 340 g/mol. The Morgan fingerprint density at radius 1 is 1.00 bits per heavy atom. The number of rotatable bonds is 5. The Morgan fingerprint density at radius 3 is 2.12 bits per heavy atom. The Kier molecular flexibility index (Phi) is 5.93. The molecule has 2 rings (SSSR count). The number of anilines is 1. The molecule has 132 valence electrons. The maximum absolute atomic E-state index is 12.6. The van der Waals surface area contributed by atoms with Crippen molar-refractivity contribution in [2.24, 2.45) is 5.73 Å². The summed E-state index contributed by atoms with van der Waals surface area (Å²) in [5.41, 5.74) is 7.00. The van der Waals surface area contributed by atoms with Gasteiger partial charge in [0.25, 0.3) is 0 Å². The smallest absolute Gasteiger partial charge is 0.415 e. The predicted molar refractivity (Wildman–Crippen MR) is 98.7 cm³/mol. The molecule has 0 aromatic heterocycles. The maximum atomic E-state index is 12.6. The molecule has 0 aliphatic heterocycles. The van der Waals surface area contributed by atoms with Gasteiger partial charge in [-0.1, -0.05) is 42.5 Å². The molecule has 2 N–H and O–H groups in total. The van der Waals surface area contributed by atoms with Crippen LogP contribution < -0.4 is 10.6 Å². The molecule has 0 atom stereocenters. The van der Waals surface area contributed by atoms with Gasteiger partial charge in [-0.3, -0.25) is 9.69 Å². The molecule has 0 aliphatic carbocycles. The lowest BCUT2D eigenvalue weighted by Gasteiger charge is -2.27. The van der Waals surface area contributed by atoms with Crippen molar-refractivity contribution in [3.8, 4) is 0 Å². The van der Waals surface area contributed by atoms with Crippen LogP contribution in [0.1, 0.15) is 36.7 Å². The summed E-state index contributed by atoms with van der Waals surface area (Å²) in [6, 6.07) is 16.4. The van der Waals surface area contributed by atoms with Crippen LogP contribution in [0, 0.1) is 0 Å². The minimum atomic E-state index is -0.582. The molecule has 0 saturated heterocycles. The first-order valence-electron chi connectivity index (χ1n) is 8.18. The summed E-state index contributed by atoms with van der Waals surface area (Å²) >= 11 is 0. The monoisotopic (exact) mass is 340 g/mol. The number of para-hydroxylation sites is 1. The number of carbonyl (C=O) groups excluding carboxylic acids is 2. The first-order chi connectivity index (χ1) is 11.8. The van der Waals surface area contributed by atoms with Gasteiger partial charge in [-0.2, -0.15) is 0 Å².